The zero-order chi connectivity index (χ0) is 14.7. The highest BCUT2D eigenvalue weighted by Gasteiger charge is 2.49. The van der Waals surface area contributed by atoms with E-state index in [0.717, 1.165) is 32.4 Å². The number of hydrogen-bond donors (Lipinski definition) is 0. The van der Waals surface area contributed by atoms with Crippen molar-refractivity contribution in [1.29, 1.82) is 0 Å². The van der Waals surface area contributed by atoms with E-state index >= 15 is 0 Å². The summed E-state index contributed by atoms with van der Waals surface area (Å²) in [5.41, 5.74) is 0.679. The molecule has 2 aliphatic rings. The molecule has 2 heterocycles. The van der Waals surface area contributed by atoms with Crippen molar-refractivity contribution in [3.63, 3.8) is 0 Å². The van der Waals surface area contributed by atoms with Crippen LogP contribution in [0.3, 0.4) is 0 Å². The highest BCUT2D eigenvalue weighted by molar-refractivity contribution is 5.89. The summed E-state index contributed by atoms with van der Waals surface area (Å²) in [6.45, 7) is 2.37. The van der Waals surface area contributed by atoms with E-state index in [9.17, 15) is 4.79 Å². The molecule has 0 aromatic heterocycles. The second-order valence-corrected chi connectivity index (χ2v) is 6.11. The number of carbonyl (C=O) groups is 1. The molecule has 2 aliphatic heterocycles. The van der Waals surface area contributed by atoms with Gasteiger partial charge in [0.05, 0.1) is 17.7 Å². The third kappa shape index (κ3) is 2.83. The summed E-state index contributed by atoms with van der Waals surface area (Å²) < 4.78 is 10.9. The fourth-order valence-corrected chi connectivity index (χ4v) is 3.84. The summed E-state index contributed by atoms with van der Waals surface area (Å²) in [7, 11) is 1.76. The molecule has 2 saturated heterocycles. The second-order valence-electron chi connectivity index (χ2n) is 6.11. The fraction of sp³-hybridized carbons (Fsp3) is 0.588. The Morgan fingerprint density at radius 2 is 2.14 bits per heavy atom. The van der Waals surface area contributed by atoms with Gasteiger partial charge in [-0.1, -0.05) is 18.2 Å². The summed E-state index contributed by atoms with van der Waals surface area (Å²) in [5.74, 6) is -0.216. The standard InChI is InChI=1S/C17H23NO3/c1-20-12-15-8-10-17(9-5-11-18(15)17)13-21-16(19)14-6-3-2-4-7-14/h2-4,6-7,15H,5,8-13H2,1H3. The van der Waals surface area contributed by atoms with Crippen molar-refractivity contribution in [3.8, 4) is 0 Å². The molecule has 2 fully saturated rings. The predicted octanol–water partition coefficient (Wildman–Crippen LogP) is 2.49. The smallest absolute Gasteiger partial charge is 0.338 e. The molecule has 0 amide bonds. The topological polar surface area (TPSA) is 38.8 Å². The Balaban J connectivity index is 1.63. The van der Waals surface area contributed by atoms with Crippen molar-refractivity contribution in [1.82, 2.24) is 4.90 Å². The first-order valence-corrected chi connectivity index (χ1v) is 7.73. The monoisotopic (exact) mass is 289 g/mol. The minimum absolute atomic E-state index is 0.0492. The van der Waals surface area contributed by atoms with Gasteiger partial charge in [-0.25, -0.2) is 4.79 Å². The van der Waals surface area contributed by atoms with Crippen LogP contribution in [0.4, 0.5) is 0 Å². The summed E-state index contributed by atoms with van der Waals surface area (Å²) in [5, 5.41) is 0. The van der Waals surface area contributed by atoms with Gasteiger partial charge in [0, 0.05) is 13.2 Å². The van der Waals surface area contributed by atoms with Crippen LogP contribution in [0.25, 0.3) is 0 Å². The average Bonchev–Trinajstić information content (AvgIpc) is 3.07. The number of carbonyl (C=O) groups excluding carboxylic acids is 1. The van der Waals surface area contributed by atoms with E-state index in [1.54, 1.807) is 19.2 Å². The first kappa shape index (κ1) is 14.5. The van der Waals surface area contributed by atoms with E-state index in [2.05, 4.69) is 4.90 Å². The molecule has 114 valence electrons. The Kier molecular flexibility index (Phi) is 4.27. The molecule has 2 atom stereocenters. The van der Waals surface area contributed by atoms with Crippen LogP contribution in [0.2, 0.25) is 0 Å². The number of esters is 1. The van der Waals surface area contributed by atoms with Crippen LogP contribution < -0.4 is 0 Å². The van der Waals surface area contributed by atoms with E-state index in [4.69, 9.17) is 9.47 Å². The number of hydrogen-bond acceptors (Lipinski definition) is 4. The van der Waals surface area contributed by atoms with Crippen LogP contribution in [-0.4, -0.2) is 49.3 Å². The minimum atomic E-state index is -0.216. The summed E-state index contributed by atoms with van der Waals surface area (Å²) >= 11 is 0. The zero-order valence-corrected chi connectivity index (χ0v) is 12.6. The van der Waals surface area contributed by atoms with Crippen LogP contribution in [0, 0.1) is 0 Å². The van der Waals surface area contributed by atoms with E-state index < -0.39 is 0 Å². The molecule has 3 rings (SSSR count). The van der Waals surface area contributed by atoms with Crippen molar-refractivity contribution in [2.75, 3.05) is 26.9 Å². The maximum absolute atomic E-state index is 12.1. The van der Waals surface area contributed by atoms with Crippen LogP contribution in [0.15, 0.2) is 30.3 Å². The Labute approximate surface area is 126 Å². The Morgan fingerprint density at radius 3 is 2.90 bits per heavy atom. The van der Waals surface area contributed by atoms with Crippen LogP contribution in [-0.2, 0) is 9.47 Å². The maximum Gasteiger partial charge on any atom is 0.338 e. The normalized spacial score (nSPS) is 28.5. The van der Waals surface area contributed by atoms with Gasteiger partial charge in [0.2, 0.25) is 0 Å². The average molecular weight is 289 g/mol. The van der Waals surface area contributed by atoms with E-state index in [1.165, 1.54) is 6.42 Å². The lowest BCUT2D eigenvalue weighted by Crippen LogP contribution is -2.47. The molecule has 0 aliphatic carbocycles. The third-order valence-corrected chi connectivity index (χ3v) is 4.87. The highest BCUT2D eigenvalue weighted by atomic mass is 16.5. The largest absolute Gasteiger partial charge is 0.460 e. The second kappa shape index (κ2) is 6.16. The third-order valence-electron chi connectivity index (χ3n) is 4.87. The molecular formula is C17H23NO3. The first-order chi connectivity index (χ1) is 10.2. The van der Waals surface area contributed by atoms with Gasteiger partial charge >= 0.3 is 5.97 Å². The Morgan fingerprint density at radius 1 is 1.33 bits per heavy atom. The summed E-state index contributed by atoms with van der Waals surface area (Å²) in [4.78, 5) is 14.6. The van der Waals surface area contributed by atoms with Gasteiger partial charge in [0.1, 0.15) is 6.61 Å². The van der Waals surface area contributed by atoms with Gasteiger partial charge in [-0.05, 0) is 44.4 Å². The number of nitrogens with zero attached hydrogens (tertiary/aromatic N) is 1. The highest BCUT2D eigenvalue weighted by Crippen LogP contribution is 2.42. The lowest BCUT2D eigenvalue weighted by Gasteiger charge is -2.34. The van der Waals surface area contributed by atoms with Gasteiger partial charge in [-0.3, -0.25) is 4.90 Å². The van der Waals surface area contributed by atoms with Gasteiger partial charge < -0.3 is 9.47 Å². The lowest BCUT2D eigenvalue weighted by atomic mass is 9.95. The van der Waals surface area contributed by atoms with Crippen molar-refractivity contribution in [2.24, 2.45) is 0 Å². The number of ether oxygens (including phenoxy) is 2. The molecule has 0 spiro atoms. The molecular weight excluding hydrogens is 266 g/mol. The van der Waals surface area contributed by atoms with E-state index in [-0.39, 0.29) is 11.5 Å². The number of fused-ring (bicyclic) bond motifs is 1. The molecule has 0 radical (unpaired) electrons. The molecule has 4 nitrogen and oxygen atoms in total. The summed E-state index contributed by atoms with van der Waals surface area (Å²) in [6.07, 6.45) is 4.54. The van der Waals surface area contributed by atoms with E-state index in [0.29, 0.717) is 18.2 Å². The van der Waals surface area contributed by atoms with Crippen LogP contribution in [0.5, 0.6) is 0 Å². The molecule has 1 aromatic carbocycles. The molecule has 1 aromatic rings. The molecule has 2 unspecified atom stereocenters. The molecule has 0 bridgehead atoms. The molecule has 0 N–H and O–H groups in total. The van der Waals surface area contributed by atoms with Crippen LogP contribution in [0.1, 0.15) is 36.0 Å². The van der Waals surface area contributed by atoms with Crippen molar-refractivity contribution in [2.45, 2.75) is 37.3 Å². The van der Waals surface area contributed by atoms with Crippen LogP contribution >= 0.6 is 0 Å². The number of methoxy groups -OCH3 is 1. The van der Waals surface area contributed by atoms with E-state index in [1.807, 2.05) is 18.2 Å². The van der Waals surface area contributed by atoms with Gasteiger partial charge in [-0.15, -0.1) is 0 Å². The number of rotatable bonds is 5. The Hall–Kier alpha value is -1.39. The SMILES string of the molecule is COCC1CCC2(COC(=O)c3ccccc3)CCCN12. The van der Waals surface area contributed by atoms with Crippen molar-refractivity contribution in [3.05, 3.63) is 35.9 Å². The minimum Gasteiger partial charge on any atom is -0.460 e. The van der Waals surface area contributed by atoms with Crippen molar-refractivity contribution < 1.29 is 14.3 Å². The zero-order valence-electron chi connectivity index (χ0n) is 12.6. The molecule has 0 saturated carbocycles. The Bertz CT molecular complexity index is 490. The first-order valence-electron chi connectivity index (χ1n) is 7.73. The van der Waals surface area contributed by atoms with Gasteiger partial charge in [0.15, 0.2) is 0 Å². The van der Waals surface area contributed by atoms with Gasteiger partial charge in [0.25, 0.3) is 0 Å². The van der Waals surface area contributed by atoms with Crippen molar-refractivity contribution >= 4 is 5.97 Å². The number of benzene rings is 1. The maximum atomic E-state index is 12.1. The molecule has 4 heteroatoms. The summed E-state index contributed by atoms with van der Waals surface area (Å²) in [6, 6.07) is 9.71. The predicted molar refractivity (Wildman–Crippen MR) is 80.3 cm³/mol. The quantitative estimate of drug-likeness (QED) is 0.781. The lowest BCUT2D eigenvalue weighted by molar-refractivity contribution is 0.0125. The fourth-order valence-electron chi connectivity index (χ4n) is 3.84. The molecule has 21 heavy (non-hydrogen) atoms. The van der Waals surface area contributed by atoms with Gasteiger partial charge in [-0.2, -0.15) is 0 Å².